The van der Waals surface area contributed by atoms with Crippen molar-refractivity contribution >= 4 is 29.9 Å². The minimum Gasteiger partial charge on any atom is -0.354 e. The number of aliphatic imine (C=N–C) groups is 1. The van der Waals surface area contributed by atoms with Crippen LogP contribution in [-0.2, 0) is 13.6 Å². The predicted octanol–water partition coefficient (Wildman–Crippen LogP) is 0.865. The number of guanidine groups is 1. The zero-order valence-corrected chi connectivity index (χ0v) is 11.9. The van der Waals surface area contributed by atoms with Crippen LogP contribution in [0.15, 0.2) is 17.4 Å². The second kappa shape index (κ2) is 6.07. The smallest absolute Gasteiger partial charge is 0.191 e. The average molecular weight is 335 g/mol. The first-order chi connectivity index (χ1) is 7.28. The Hall–Kier alpha value is -0.790. The lowest BCUT2D eigenvalue weighted by Gasteiger charge is -2.09. The Morgan fingerprint density at radius 3 is 2.88 bits per heavy atom. The third-order valence-corrected chi connectivity index (χ3v) is 2.36. The topological polar surface area (TPSA) is 54.2 Å². The van der Waals surface area contributed by atoms with Crippen LogP contribution in [0.1, 0.15) is 18.4 Å². The maximum atomic E-state index is 4.16. The van der Waals surface area contributed by atoms with Crippen LogP contribution in [0.2, 0.25) is 0 Å². The van der Waals surface area contributed by atoms with Gasteiger partial charge in [0.1, 0.15) is 0 Å². The molecule has 16 heavy (non-hydrogen) atoms. The van der Waals surface area contributed by atoms with Gasteiger partial charge in [0, 0.05) is 38.4 Å². The SMILES string of the molecule is CN=C(NCc1cnn(C)c1)NC1CC1.I. The molecule has 1 aromatic heterocycles. The molecule has 0 aromatic carbocycles. The zero-order chi connectivity index (χ0) is 10.7. The van der Waals surface area contributed by atoms with Gasteiger partial charge in [-0.1, -0.05) is 0 Å². The van der Waals surface area contributed by atoms with Gasteiger partial charge in [0.25, 0.3) is 0 Å². The maximum Gasteiger partial charge on any atom is 0.191 e. The van der Waals surface area contributed by atoms with Crippen molar-refractivity contribution < 1.29 is 0 Å². The quantitative estimate of drug-likeness (QED) is 0.490. The van der Waals surface area contributed by atoms with Gasteiger partial charge in [-0.15, -0.1) is 24.0 Å². The Morgan fingerprint density at radius 1 is 1.62 bits per heavy atom. The minimum absolute atomic E-state index is 0. The van der Waals surface area contributed by atoms with E-state index in [1.165, 1.54) is 12.8 Å². The highest BCUT2D eigenvalue weighted by molar-refractivity contribution is 14.0. The Kier molecular flexibility index (Phi) is 5.04. The molecule has 5 nitrogen and oxygen atoms in total. The van der Waals surface area contributed by atoms with Crippen molar-refractivity contribution in [3.05, 3.63) is 18.0 Å². The van der Waals surface area contributed by atoms with Crippen molar-refractivity contribution in [3.8, 4) is 0 Å². The summed E-state index contributed by atoms with van der Waals surface area (Å²) < 4.78 is 1.80. The zero-order valence-electron chi connectivity index (χ0n) is 9.60. The van der Waals surface area contributed by atoms with Gasteiger partial charge >= 0.3 is 0 Å². The van der Waals surface area contributed by atoms with Gasteiger partial charge in [0.05, 0.1) is 6.20 Å². The lowest BCUT2D eigenvalue weighted by atomic mass is 10.4. The van der Waals surface area contributed by atoms with Crippen LogP contribution in [0.25, 0.3) is 0 Å². The molecule has 1 aromatic rings. The third kappa shape index (κ3) is 3.99. The summed E-state index contributed by atoms with van der Waals surface area (Å²) in [5, 5.41) is 10.7. The normalized spacial score (nSPS) is 15.5. The lowest BCUT2D eigenvalue weighted by molar-refractivity contribution is 0.764. The molecule has 2 N–H and O–H groups in total. The molecule has 2 rings (SSSR count). The first-order valence-electron chi connectivity index (χ1n) is 5.22. The van der Waals surface area contributed by atoms with E-state index >= 15 is 0 Å². The molecule has 0 bridgehead atoms. The number of aromatic nitrogens is 2. The Bertz CT molecular complexity index is 356. The van der Waals surface area contributed by atoms with Crippen molar-refractivity contribution in [2.24, 2.45) is 12.0 Å². The van der Waals surface area contributed by atoms with Crippen molar-refractivity contribution in [2.75, 3.05) is 7.05 Å². The third-order valence-electron chi connectivity index (χ3n) is 2.36. The summed E-state index contributed by atoms with van der Waals surface area (Å²) in [6.07, 6.45) is 6.37. The molecule has 1 heterocycles. The monoisotopic (exact) mass is 335 g/mol. The van der Waals surface area contributed by atoms with Crippen LogP contribution in [0.4, 0.5) is 0 Å². The number of aryl methyl sites for hydroxylation is 1. The van der Waals surface area contributed by atoms with Gasteiger partial charge in [-0.3, -0.25) is 9.67 Å². The minimum atomic E-state index is 0. The summed E-state index contributed by atoms with van der Waals surface area (Å²) in [5.41, 5.74) is 1.16. The van der Waals surface area contributed by atoms with Gasteiger partial charge in [0.15, 0.2) is 5.96 Å². The molecule has 0 aliphatic heterocycles. The molecule has 0 unspecified atom stereocenters. The molecular weight excluding hydrogens is 317 g/mol. The second-order valence-corrected chi connectivity index (χ2v) is 3.87. The molecule has 0 radical (unpaired) electrons. The van der Waals surface area contributed by atoms with Crippen molar-refractivity contribution in [3.63, 3.8) is 0 Å². The first-order valence-corrected chi connectivity index (χ1v) is 5.22. The summed E-state index contributed by atoms with van der Waals surface area (Å²) in [7, 11) is 3.71. The molecule has 0 saturated heterocycles. The molecule has 0 amide bonds. The second-order valence-electron chi connectivity index (χ2n) is 3.87. The fourth-order valence-electron chi connectivity index (χ4n) is 1.36. The fraction of sp³-hybridized carbons (Fsp3) is 0.600. The Morgan fingerprint density at radius 2 is 2.38 bits per heavy atom. The van der Waals surface area contributed by atoms with E-state index in [0.717, 1.165) is 18.1 Å². The van der Waals surface area contributed by atoms with Gasteiger partial charge in [-0.2, -0.15) is 5.10 Å². The highest BCUT2D eigenvalue weighted by atomic mass is 127. The number of halogens is 1. The molecule has 1 aliphatic rings. The van der Waals surface area contributed by atoms with Crippen molar-refractivity contribution in [2.45, 2.75) is 25.4 Å². The van der Waals surface area contributed by atoms with E-state index in [4.69, 9.17) is 0 Å². The van der Waals surface area contributed by atoms with Crippen LogP contribution in [0.3, 0.4) is 0 Å². The van der Waals surface area contributed by atoms with Crippen LogP contribution >= 0.6 is 24.0 Å². The maximum absolute atomic E-state index is 4.16. The average Bonchev–Trinajstić information content (AvgIpc) is 2.95. The Balaban J connectivity index is 0.00000128. The van der Waals surface area contributed by atoms with E-state index in [0.29, 0.717) is 6.04 Å². The number of hydrogen-bond donors (Lipinski definition) is 2. The summed E-state index contributed by atoms with van der Waals surface area (Å²) in [6.45, 7) is 0.764. The van der Waals surface area contributed by atoms with Crippen LogP contribution < -0.4 is 10.6 Å². The lowest BCUT2D eigenvalue weighted by Crippen LogP contribution is -2.37. The van der Waals surface area contributed by atoms with Gasteiger partial charge < -0.3 is 10.6 Å². The van der Waals surface area contributed by atoms with Gasteiger partial charge in [-0.25, -0.2) is 0 Å². The van der Waals surface area contributed by atoms with Gasteiger partial charge in [0.2, 0.25) is 0 Å². The molecule has 0 spiro atoms. The van der Waals surface area contributed by atoms with E-state index in [1.807, 2.05) is 19.4 Å². The highest BCUT2D eigenvalue weighted by Crippen LogP contribution is 2.18. The summed E-state index contributed by atoms with van der Waals surface area (Å²) in [5.74, 6) is 0.876. The molecule has 1 fully saturated rings. The van der Waals surface area contributed by atoms with Crippen molar-refractivity contribution in [1.82, 2.24) is 20.4 Å². The molecule has 90 valence electrons. The molecule has 0 atom stereocenters. The molecule has 1 aliphatic carbocycles. The molecule has 1 saturated carbocycles. The van der Waals surface area contributed by atoms with Crippen LogP contribution in [0, 0.1) is 0 Å². The molecule has 6 heteroatoms. The fourth-order valence-corrected chi connectivity index (χ4v) is 1.36. The molecular formula is C10H18IN5. The summed E-state index contributed by atoms with van der Waals surface area (Å²) in [4.78, 5) is 4.16. The summed E-state index contributed by atoms with van der Waals surface area (Å²) >= 11 is 0. The first kappa shape index (κ1) is 13.3. The van der Waals surface area contributed by atoms with E-state index in [2.05, 4.69) is 20.7 Å². The highest BCUT2D eigenvalue weighted by Gasteiger charge is 2.21. The Labute approximate surface area is 113 Å². The van der Waals surface area contributed by atoms with Gasteiger partial charge in [-0.05, 0) is 12.8 Å². The van der Waals surface area contributed by atoms with Crippen LogP contribution in [-0.4, -0.2) is 28.8 Å². The summed E-state index contributed by atoms with van der Waals surface area (Å²) in [6, 6.07) is 0.630. The van der Waals surface area contributed by atoms with Crippen molar-refractivity contribution in [1.29, 1.82) is 0 Å². The standard InChI is InChI=1S/C10H17N5.HI/c1-11-10(14-9-3-4-9)12-5-8-6-13-15(2)7-8;/h6-7,9H,3-5H2,1-2H3,(H2,11,12,14);1H. The largest absolute Gasteiger partial charge is 0.354 e. The van der Waals surface area contributed by atoms with E-state index in [1.54, 1.807) is 11.7 Å². The number of hydrogen-bond acceptors (Lipinski definition) is 2. The van der Waals surface area contributed by atoms with Crippen LogP contribution in [0.5, 0.6) is 0 Å². The number of nitrogens with one attached hydrogen (secondary N) is 2. The number of nitrogens with zero attached hydrogens (tertiary/aromatic N) is 3. The van der Waals surface area contributed by atoms with E-state index in [-0.39, 0.29) is 24.0 Å². The van der Waals surface area contributed by atoms with E-state index in [9.17, 15) is 0 Å². The predicted molar refractivity (Wildman–Crippen MR) is 75.0 cm³/mol. The number of rotatable bonds is 3. The van der Waals surface area contributed by atoms with E-state index < -0.39 is 0 Å².